The van der Waals surface area contributed by atoms with Crippen LogP contribution in [-0.4, -0.2) is 59.2 Å². The fourth-order valence-corrected chi connectivity index (χ4v) is 5.95. The highest BCUT2D eigenvalue weighted by Gasteiger charge is 2.29. The molecular formula is C28H35FN2O3S. The lowest BCUT2D eigenvalue weighted by atomic mass is 9.81. The SMILES string of the molecule is COc1ccc2nccc(C(O)CC[C@@H]3CCN(CCCSc4cccc(F)c4)C[C@@H]3CO)c2c1. The van der Waals surface area contributed by atoms with Crippen LogP contribution < -0.4 is 4.74 Å². The van der Waals surface area contributed by atoms with Crippen molar-refractivity contribution in [2.45, 2.75) is 36.7 Å². The quantitative estimate of drug-likeness (QED) is 0.276. The average molecular weight is 499 g/mol. The van der Waals surface area contributed by atoms with Crippen molar-refractivity contribution in [3.8, 4) is 5.75 Å². The van der Waals surface area contributed by atoms with Crippen LogP contribution in [0.25, 0.3) is 10.9 Å². The monoisotopic (exact) mass is 498 g/mol. The van der Waals surface area contributed by atoms with Crippen molar-refractivity contribution in [2.75, 3.05) is 39.1 Å². The Balaban J connectivity index is 1.26. The second-order valence-electron chi connectivity index (χ2n) is 9.33. The molecule has 1 saturated heterocycles. The Morgan fingerprint density at radius 3 is 2.89 bits per heavy atom. The smallest absolute Gasteiger partial charge is 0.124 e. The van der Waals surface area contributed by atoms with E-state index >= 15 is 0 Å². The fourth-order valence-electron chi connectivity index (χ4n) is 5.07. The van der Waals surface area contributed by atoms with Crippen LogP contribution in [0.15, 0.2) is 59.6 Å². The molecule has 35 heavy (non-hydrogen) atoms. The molecule has 3 atom stereocenters. The second-order valence-corrected chi connectivity index (χ2v) is 10.5. The number of fused-ring (bicyclic) bond motifs is 1. The zero-order valence-electron chi connectivity index (χ0n) is 20.3. The van der Waals surface area contributed by atoms with Crippen molar-refractivity contribution in [3.05, 3.63) is 66.1 Å². The maximum absolute atomic E-state index is 13.3. The first-order valence-corrected chi connectivity index (χ1v) is 13.4. The minimum Gasteiger partial charge on any atom is -0.497 e. The number of aromatic nitrogens is 1. The van der Waals surface area contributed by atoms with Gasteiger partial charge in [-0.2, -0.15) is 0 Å². The van der Waals surface area contributed by atoms with Gasteiger partial charge in [-0.15, -0.1) is 11.8 Å². The average Bonchev–Trinajstić information content (AvgIpc) is 2.89. The number of nitrogens with zero attached hydrogens (tertiary/aromatic N) is 2. The van der Waals surface area contributed by atoms with Gasteiger partial charge in [0.1, 0.15) is 11.6 Å². The van der Waals surface area contributed by atoms with Crippen LogP contribution in [0.5, 0.6) is 5.75 Å². The lowest BCUT2D eigenvalue weighted by molar-refractivity contribution is 0.0581. The van der Waals surface area contributed by atoms with Crippen molar-refractivity contribution in [1.29, 1.82) is 0 Å². The molecule has 1 fully saturated rings. The van der Waals surface area contributed by atoms with Crippen LogP contribution in [-0.2, 0) is 0 Å². The number of piperidine rings is 1. The molecule has 5 nitrogen and oxygen atoms in total. The maximum atomic E-state index is 13.3. The summed E-state index contributed by atoms with van der Waals surface area (Å²) >= 11 is 1.69. The first-order valence-electron chi connectivity index (χ1n) is 12.4. The Bertz CT molecular complexity index is 1100. The highest BCUT2D eigenvalue weighted by atomic mass is 32.2. The van der Waals surface area contributed by atoms with Crippen molar-refractivity contribution >= 4 is 22.7 Å². The van der Waals surface area contributed by atoms with Gasteiger partial charge in [-0.05, 0) is 104 Å². The Morgan fingerprint density at radius 2 is 2.09 bits per heavy atom. The molecule has 1 unspecified atom stereocenters. The summed E-state index contributed by atoms with van der Waals surface area (Å²) < 4.78 is 18.7. The normalized spacial score (nSPS) is 19.7. The summed E-state index contributed by atoms with van der Waals surface area (Å²) in [6.07, 6.45) is 4.76. The number of thioether (sulfide) groups is 1. The van der Waals surface area contributed by atoms with Crippen LogP contribution in [0.4, 0.5) is 4.39 Å². The zero-order chi connectivity index (χ0) is 24.6. The van der Waals surface area contributed by atoms with E-state index in [1.165, 1.54) is 6.07 Å². The van der Waals surface area contributed by atoms with Gasteiger partial charge in [-0.3, -0.25) is 4.98 Å². The number of rotatable bonds is 11. The molecule has 0 amide bonds. The number of pyridine rings is 1. The van der Waals surface area contributed by atoms with E-state index in [2.05, 4.69) is 9.88 Å². The number of likely N-dealkylation sites (tertiary alicyclic amines) is 1. The van der Waals surface area contributed by atoms with Gasteiger partial charge in [-0.25, -0.2) is 4.39 Å². The molecule has 4 rings (SSSR count). The number of aliphatic hydroxyl groups excluding tert-OH is 2. The molecule has 0 saturated carbocycles. The van der Waals surface area contributed by atoms with Crippen molar-refractivity contribution in [3.63, 3.8) is 0 Å². The Morgan fingerprint density at radius 1 is 1.20 bits per heavy atom. The van der Waals surface area contributed by atoms with E-state index in [1.54, 1.807) is 37.2 Å². The van der Waals surface area contributed by atoms with Gasteiger partial charge >= 0.3 is 0 Å². The van der Waals surface area contributed by atoms with Crippen LogP contribution in [0.3, 0.4) is 0 Å². The third-order valence-electron chi connectivity index (χ3n) is 7.05. The molecule has 2 aromatic carbocycles. The van der Waals surface area contributed by atoms with Gasteiger partial charge < -0.3 is 19.8 Å². The highest BCUT2D eigenvalue weighted by Crippen LogP contribution is 2.33. The number of hydrogen-bond donors (Lipinski definition) is 2. The minimum atomic E-state index is -0.579. The number of methoxy groups -OCH3 is 1. The molecule has 2 heterocycles. The molecular weight excluding hydrogens is 463 g/mol. The predicted octanol–water partition coefficient (Wildman–Crippen LogP) is 5.31. The topological polar surface area (TPSA) is 65.8 Å². The lowest BCUT2D eigenvalue weighted by Crippen LogP contribution is -2.42. The summed E-state index contributed by atoms with van der Waals surface area (Å²) in [5, 5.41) is 22.0. The molecule has 3 aromatic rings. The molecule has 0 aliphatic carbocycles. The summed E-state index contributed by atoms with van der Waals surface area (Å²) in [6.45, 7) is 3.05. The summed E-state index contributed by atoms with van der Waals surface area (Å²) in [5.41, 5.74) is 1.72. The van der Waals surface area contributed by atoms with Crippen molar-refractivity contribution in [1.82, 2.24) is 9.88 Å². The number of benzene rings is 2. The number of ether oxygens (including phenoxy) is 1. The predicted molar refractivity (Wildman–Crippen MR) is 139 cm³/mol. The third kappa shape index (κ3) is 6.94. The molecule has 7 heteroatoms. The zero-order valence-corrected chi connectivity index (χ0v) is 21.1. The number of hydrogen-bond acceptors (Lipinski definition) is 6. The first-order chi connectivity index (χ1) is 17.1. The van der Waals surface area contributed by atoms with E-state index in [-0.39, 0.29) is 18.3 Å². The molecule has 0 spiro atoms. The fraction of sp³-hybridized carbons (Fsp3) is 0.464. The molecule has 188 valence electrons. The van der Waals surface area contributed by atoms with Crippen LogP contribution in [0.2, 0.25) is 0 Å². The summed E-state index contributed by atoms with van der Waals surface area (Å²) in [5.74, 6) is 2.13. The van der Waals surface area contributed by atoms with Crippen LogP contribution >= 0.6 is 11.8 Å². The molecule has 0 radical (unpaired) electrons. The Labute approximate surface area is 211 Å². The molecule has 1 aliphatic rings. The minimum absolute atomic E-state index is 0.171. The summed E-state index contributed by atoms with van der Waals surface area (Å²) in [6, 6.07) is 14.4. The molecule has 1 aliphatic heterocycles. The first kappa shape index (κ1) is 25.9. The van der Waals surface area contributed by atoms with E-state index < -0.39 is 6.10 Å². The van der Waals surface area contributed by atoms with Gasteiger partial charge in [0.15, 0.2) is 0 Å². The van der Waals surface area contributed by atoms with Gasteiger partial charge in [0.05, 0.1) is 18.7 Å². The van der Waals surface area contributed by atoms with Gasteiger partial charge in [0.25, 0.3) is 0 Å². The van der Waals surface area contributed by atoms with E-state index in [1.807, 2.05) is 30.3 Å². The van der Waals surface area contributed by atoms with Crippen molar-refractivity contribution in [2.24, 2.45) is 11.8 Å². The van der Waals surface area contributed by atoms with E-state index in [0.717, 1.165) is 71.8 Å². The second kappa shape index (κ2) is 12.7. The molecule has 1 aromatic heterocycles. The Hall–Kier alpha value is -2.19. The number of aliphatic hydroxyl groups is 2. The highest BCUT2D eigenvalue weighted by molar-refractivity contribution is 7.99. The third-order valence-corrected chi connectivity index (χ3v) is 8.13. The van der Waals surface area contributed by atoms with E-state index in [4.69, 9.17) is 4.74 Å². The van der Waals surface area contributed by atoms with Gasteiger partial charge in [0, 0.05) is 29.6 Å². The largest absolute Gasteiger partial charge is 0.497 e. The molecule has 0 bridgehead atoms. The number of halogens is 1. The van der Waals surface area contributed by atoms with Crippen LogP contribution in [0, 0.1) is 17.7 Å². The maximum Gasteiger partial charge on any atom is 0.124 e. The van der Waals surface area contributed by atoms with Crippen LogP contribution in [0.1, 0.15) is 37.4 Å². The van der Waals surface area contributed by atoms with Gasteiger partial charge in [-0.1, -0.05) is 6.07 Å². The van der Waals surface area contributed by atoms with E-state index in [9.17, 15) is 14.6 Å². The molecule has 2 N–H and O–H groups in total. The Kier molecular flexibility index (Phi) is 9.38. The lowest BCUT2D eigenvalue weighted by Gasteiger charge is -2.38. The van der Waals surface area contributed by atoms with Crippen molar-refractivity contribution < 1.29 is 19.3 Å². The van der Waals surface area contributed by atoms with E-state index in [0.29, 0.717) is 12.3 Å². The standard InChI is InChI=1S/C28H35FN2O3S/c1-34-23-7-8-27-26(17-23)25(10-12-30-27)28(33)9-6-20-11-14-31(18-21(20)19-32)13-3-15-35-24-5-2-4-22(29)16-24/h2,4-5,7-8,10,12,16-17,20-21,28,32-33H,3,6,9,11,13-15,18-19H2,1H3/t20-,21-,28?/m1/s1. The summed E-state index contributed by atoms with van der Waals surface area (Å²) in [4.78, 5) is 7.81. The van der Waals surface area contributed by atoms with Gasteiger partial charge in [0.2, 0.25) is 0 Å². The summed E-state index contributed by atoms with van der Waals surface area (Å²) in [7, 11) is 1.64.